The summed E-state index contributed by atoms with van der Waals surface area (Å²) < 4.78 is 27.3. The van der Waals surface area contributed by atoms with Gasteiger partial charge in [0.25, 0.3) is 0 Å². The third-order valence-electron chi connectivity index (χ3n) is 3.48. The van der Waals surface area contributed by atoms with Gasteiger partial charge in [-0.05, 0) is 33.8 Å². The quantitative estimate of drug-likeness (QED) is 0.907. The minimum Gasteiger partial charge on any atom is -0.326 e. The first-order valence-corrected chi connectivity index (χ1v) is 8.89. The predicted octanol–water partition coefficient (Wildman–Crippen LogP) is 2.25. The first kappa shape index (κ1) is 14.5. The van der Waals surface area contributed by atoms with E-state index in [1.165, 1.54) is 11.3 Å². The molecule has 1 aliphatic rings. The third kappa shape index (κ3) is 2.51. The normalized spacial score (nSPS) is 25.8. The zero-order chi connectivity index (χ0) is 13.5. The van der Waals surface area contributed by atoms with Crippen molar-refractivity contribution in [1.29, 1.82) is 0 Å². The van der Waals surface area contributed by atoms with E-state index in [1.54, 1.807) is 10.4 Å². The van der Waals surface area contributed by atoms with Gasteiger partial charge < -0.3 is 5.73 Å². The summed E-state index contributed by atoms with van der Waals surface area (Å²) >= 11 is 4.72. The van der Waals surface area contributed by atoms with Gasteiger partial charge in [-0.15, -0.1) is 11.3 Å². The highest BCUT2D eigenvalue weighted by Gasteiger charge is 2.36. The molecule has 0 bridgehead atoms. The third-order valence-corrected chi connectivity index (χ3v) is 7.59. The zero-order valence-corrected chi connectivity index (χ0v) is 13.6. The van der Waals surface area contributed by atoms with Crippen LogP contribution >= 0.6 is 27.3 Å². The van der Waals surface area contributed by atoms with Gasteiger partial charge in [0.2, 0.25) is 10.0 Å². The smallest absolute Gasteiger partial charge is 0.245 e. The van der Waals surface area contributed by atoms with Crippen molar-refractivity contribution in [2.45, 2.75) is 25.3 Å². The molecule has 1 aromatic rings. The van der Waals surface area contributed by atoms with Crippen molar-refractivity contribution in [3.05, 3.63) is 14.7 Å². The molecular weight excluding hydrogens is 336 g/mol. The number of nitrogens with zero attached hydrogens (tertiary/aromatic N) is 1. The molecule has 1 aliphatic heterocycles. The summed E-state index contributed by atoms with van der Waals surface area (Å²) in [6, 6.07) is 1.68. The number of nitrogens with two attached hydrogens (primary N) is 1. The first-order chi connectivity index (χ1) is 8.36. The second kappa shape index (κ2) is 5.20. The molecule has 1 aromatic heterocycles. The van der Waals surface area contributed by atoms with E-state index in [-0.39, 0.29) is 0 Å². The highest BCUT2D eigenvalue weighted by Crippen LogP contribution is 2.36. The number of sulfonamides is 1. The SMILES string of the molecule is CC1CN(S(=O)(=O)c2cc(CN)sc2Br)CC1C. The maximum atomic E-state index is 12.5. The van der Waals surface area contributed by atoms with Gasteiger partial charge in [0.05, 0.1) is 3.79 Å². The summed E-state index contributed by atoms with van der Waals surface area (Å²) in [5.74, 6) is 0.817. The van der Waals surface area contributed by atoms with Crippen molar-refractivity contribution < 1.29 is 8.42 Å². The summed E-state index contributed by atoms with van der Waals surface area (Å²) in [7, 11) is -3.38. The van der Waals surface area contributed by atoms with Crippen molar-refractivity contribution in [3.63, 3.8) is 0 Å². The average Bonchev–Trinajstić information content (AvgIpc) is 2.84. The highest BCUT2D eigenvalue weighted by atomic mass is 79.9. The molecule has 2 heterocycles. The minimum atomic E-state index is -3.38. The van der Waals surface area contributed by atoms with E-state index >= 15 is 0 Å². The van der Waals surface area contributed by atoms with Gasteiger partial charge in [-0.3, -0.25) is 0 Å². The van der Waals surface area contributed by atoms with Gasteiger partial charge in [0.15, 0.2) is 0 Å². The Morgan fingerprint density at radius 2 is 2.00 bits per heavy atom. The van der Waals surface area contributed by atoms with Gasteiger partial charge in [0.1, 0.15) is 4.90 Å². The zero-order valence-electron chi connectivity index (χ0n) is 10.4. The molecule has 0 spiro atoms. The van der Waals surface area contributed by atoms with E-state index in [4.69, 9.17) is 5.73 Å². The average molecular weight is 353 g/mol. The van der Waals surface area contributed by atoms with Gasteiger partial charge in [-0.25, -0.2) is 8.42 Å². The van der Waals surface area contributed by atoms with Crippen LogP contribution < -0.4 is 5.73 Å². The van der Waals surface area contributed by atoms with E-state index in [1.807, 2.05) is 0 Å². The molecule has 4 nitrogen and oxygen atoms in total. The fourth-order valence-corrected chi connectivity index (χ4v) is 6.24. The van der Waals surface area contributed by atoms with Crippen LogP contribution in [0.1, 0.15) is 18.7 Å². The summed E-state index contributed by atoms with van der Waals surface area (Å²) in [6.45, 7) is 5.75. The molecule has 0 amide bonds. The van der Waals surface area contributed by atoms with Crippen LogP contribution in [0.2, 0.25) is 0 Å². The number of rotatable bonds is 3. The molecule has 18 heavy (non-hydrogen) atoms. The molecule has 1 fully saturated rings. The Hall–Kier alpha value is 0.0500. The van der Waals surface area contributed by atoms with E-state index < -0.39 is 10.0 Å². The maximum absolute atomic E-state index is 12.5. The number of hydrogen-bond donors (Lipinski definition) is 1. The first-order valence-electron chi connectivity index (χ1n) is 5.84. The van der Waals surface area contributed by atoms with Crippen LogP contribution in [0.5, 0.6) is 0 Å². The topological polar surface area (TPSA) is 63.4 Å². The van der Waals surface area contributed by atoms with Crippen LogP contribution in [0.3, 0.4) is 0 Å². The van der Waals surface area contributed by atoms with Crippen LogP contribution in [0.25, 0.3) is 0 Å². The lowest BCUT2D eigenvalue weighted by Crippen LogP contribution is -2.29. The lowest BCUT2D eigenvalue weighted by Gasteiger charge is -2.15. The van der Waals surface area contributed by atoms with Crippen molar-refractivity contribution in [2.24, 2.45) is 17.6 Å². The van der Waals surface area contributed by atoms with Crippen LogP contribution in [0, 0.1) is 11.8 Å². The van der Waals surface area contributed by atoms with Crippen LogP contribution in [-0.2, 0) is 16.6 Å². The Balaban J connectivity index is 2.34. The van der Waals surface area contributed by atoms with Gasteiger partial charge in [-0.2, -0.15) is 4.31 Å². The maximum Gasteiger partial charge on any atom is 0.245 e. The standard InChI is InChI=1S/C11H17BrN2O2S2/c1-7-5-14(6-8(7)2)18(15,16)10-3-9(4-13)17-11(10)12/h3,7-8H,4-6,13H2,1-2H3. The summed E-state index contributed by atoms with van der Waals surface area (Å²) in [5.41, 5.74) is 5.55. The molecule has 0 saturated carbocycles. The van der Waals surface area contributed by atoms with Crippen molar-refractivity contribution in [2.75, 3.05) is 13.1 Å². The largest absolute Gasteiger partial charge is 0.326 e. The van der Waals surface area contributed by atoms with Gasteiger partial charge >= 0.3 is 0 Å². The van der Waals surface area contributed by atoms with Gasteiger partial charge in [-0.1, -0.05) is 13.8 Å². The number of halogens is 1. The Bertz CT molecular complexity index is 531. The number of thiophene rings is 1. The fourth-order valence-electron chi connectivity index (χ4n) is 2.09. The van der Waals surface area contributed by atoms with Crippen molar-refractivity contribution >= 4 is 37.3 Å². The van der Waals surface area contributed by atoms with Crippen molar-refractivity contribution in [1.82, 2.24) is 4.31 Å². The van der Waals surface area contributed by atoms with E-state index in [2.05, 4.69) is 29.8 Å². The molecule has 7 heteroatoms. The lowest BCUT2D eigenvalue weighted by molar-refractivity contribution is 0.463. The molecule has 0 aliphatic carbocycles. The van der Waals surface area contributed by atoms with Crippen LogP contribution in [0.4, 0.5) is 0 Å². The minimum absolute atomic E-state index is 0.356. The van der Waals surface area contributed by atoms with E-state index in [0.29, 0.717) is 40.2 Å². The predicted molar refractivity (Wildman–Crippen MR) is 77.0 cm³/mol. The second-order valence-corrected chi connectivity index (χ2v) is 9.19. The van der Waals surface area contributed by atoms with E-state index in [0.717, 1.165) is 4.88 Å². The Labute approximate surface area is 120 Å². The molecule has 2 atom stereocenters. The molecule has 2 N–H and O–H groups in total. The molecule has 0 radical (unpaired) electrons. The summed E-state index contributed by atoms with van der Waals surface area (Å²) in [6.07, 6.45) is 0. The molecule has 2 unspecified atom stereocenters. The Morgan fingerprint density at radius 1 is 1.44 bits per heavy atom. The monoisotopic (exact) mass is 352 g/mol. The highest BCUT2D eigenvalue weighted by molar-refractivity contribution is 9.11. The Morgan fingerprint density at radius 3 is 2.44 bits per heavy atom. The van der Waals surface area contributed by atoms with Gasteiger partial charge in [0, 0.05) is 24.5 Å². The van der Waals surface area contributed by atoms with Crippen molar-refractivity contribution in [3.8, 4) is 0 Å². The molecule has 2 rings (SSSR count). The van der Waals surface area contributed by atoms with Crippen LogP contribution in [-0.4, -0.2) is 25.8 Å². The van der Waals surface area contributed by atoms with Crippen LogP contribution in [0.15, 0.2) is 14.7 Å². The molecule has 102 valence electrons. The molecule has 0 aromatic carbocycles. The Kier molecular flexibility index (Phi) is 4.18. The summed E-state index contributed by atoms with van der Waals surface area (Å²) in [5, 5.41) is 0. The van der Waals surface area contributed by atoms with E-state index in [9.17, 15) is 8.42 Å². The fraction of sp³-hybridized carbons (Fsp3) is 0.636. The molecule has 1 saturated heterocycles. The second-order valence-electron chi connectivity index (χ2n) is 4.83. The molecular formula is C11H17BrN2O2S2. The number of hydrogen-bond acceptors (Lipinski definition) is 4. The lowest BCUT2D eigenvalue weighted by atomic mass is 10.0. The summed E-state index contributed by atoms with van der Waals surface area (Å²) in [4.78, 5) is 1.23.